The molecule has 0 N–H and O–H groups in total. The maximum absolute atomic E-state index is 13.2. The Bertz CT molecular complexity index is 1430. The number of para-hydroxylation sites is 1. The Morgan fingerprint density at radius 1 is 0.971 bits per heavy atom. The molecule has 1 aliphatic rings. The minimum atomic E-state index is -0.441. The monoisotopic (exact) mass is 456 g/mol. The first-order chi connectivity index (χ1) is 16.6. The van der Waals surface area contributed by atoms with Gasteiger partial charge in [-0.1, -0.05) is 23.4 Å². The van der Waals surface area contributed by atoms with Crippen LogP contribution in [0.15, 0.2) is 65.8 Å². The van der Waals surface area contributed by atoms with Crippen LogP contribution in [0, 0.1) is 0 Å². The molecule has 1 aromatic heterocycles. The molecule has 7 heteroatoms. The molecule has 0 aliphatic carbocycles. The van der Waals surface area contributed by atoms with Crippen molar-refractivity contribution in [2.45, 2.75) is 19.9 Å². The Morgan fingerprint density at radius 3 is 2.53 bits per heavy atom. The van der Waals surface area contributed by atoms with Gasteiger partial charge in [0.2, 0.25) is 0 Å². The molecule has 5 rings (SSSR count). The first kappa shape index (κ1) is 21.9. The predicted octanol–water partition coefficient (Wildman–Crippen LogP) is 4.72. The highest BCUT2D eigenvalue weighted by Crippen LogP contribution is 2.35. The number of fused-ring (bicyclic) bond motifs is 3. The number of carbonyl (C=O) groups is 2. The third-order valence-electron chi connectivity index (χ3n) is 5.99. The van der Waals surface area contributed by atoms with Gasteiger partial charge in [0.15, 0.2) is 5.78 Å². The summed E-state index contributed by atoms with van der Waals surface area (Å²) in [7, 11) is 1.63. The van der Waals surface area contributed by atoms with Crippen LogP contribution in [0.4, 0.5) is 0 Å². The van der Waals surface area contributed by atoms with Gasteiger partial charge in [0.25, 0.3) is 0 Å². The van der Waals surface area contributed by atoms with E-state index >= 15 is 0 Å². The number of oxime groups is 1. The molecule has 0 bridgehead atoms. The van der Waals surface area contributed by atoms with E-state index < -0.39 is 5.97 Å². The van der Waals surface area contributed by atoms with Crippen molar-refractivity contribution in [2.75, 3.05) is 20.3 Å². The van der Waals surface area contributed by atoms with Gasteiger partial charge in [-0.05, 0) is 42.5 Å². The van der Waals surface area contributed by atoms with Crippen LogP contribution in [0.25, 0.3) is 21.8 Å². The van der Waals surface area contributed by atoms with Gasteiger partial charge in [0.05, 0.1) is 17.8 Å². The van der Waals surface area contributed by atoms with Crippen molar-refractivity contribution < 1.29 is 23.9 Å². The van der Waals surface area contributed by atoms with Gasteiger partial charge in [0, 0.05) is 60.0 Å². The minimum absolute atomic E-state index is 0.0469. The molecule has 0 radical (unpaired) electrons. The molecule has 1 aliphatic heterocycles. The van der Waals surface area contributed by atoms with Crippen molar-refractivity contribution >= 4 is 39.3 Å². The zero-order valence-corrected chi connectivity index (χ0v) is 19.0. The van der Waals surface area contributed by atoms with Crippen molar-refractivity contribution in [1.29, 1.82) is 0 Å². The van der Waals surface area contributed by atoms with E-state index in [1.54, 1.807) is 31.4 Å². The second-order valence-corrected chi connectivity index (χ2v) is 8.15. The second-order valence-electron chi connectivity index (χ2n) is 8.15. The van der Waals surface area contributed by atoms with E-state index in [0.717, 1.165) is 39.6 Å². The Kier molecular flexibility index (Phi) is 5.86. The molecule has 0 amide bonds. The Hall–Kier alpha value is -3.97. The van der Waals surface area contributed by atoms with E-state index in [2.05, 4.69) is 9.72 Å². The second kappa shape index (κ2) is 9.11. The van der Waals surface area contributed by atoms with Crippen molar-refractivity contribution in [3.63, 3.8) is 0 Å². The number of hydrogen-bond acceptors (Lipinski definition) is 6. The predicted molar refractivity (Wildman–Crippen MR) is 130 cm³/mol. The third-order valence-corrected chi connectivity index (χ3v) is 5.99. The first-order valence-electron chi connectivity index (χ1n) is 11.1. The largest absolute Gasteiger partial charge is 0.491 e. The van der Waals surface area contributed by atoms with Crippen LogP contribution >= 0.6 is 0 Å². The summed E-state index contributed by atoms with van der Waals surface area (Å²) < 4.78 is 12.8. The molecule has 4 aromatic rings. The fourth-order valence-corrected chi connectivity index (χ4v) is 4.44. The van der Waals surface area contributed by atoms with Gasteiger partial charge >= 0.3 is 5.97 Å². The summed E-state index contributed by atoms with van der Waals surface area (Å²) in [5, 5.41) is 6.13. The van der Waals surface area contributed by atoms with Gasteiger partial charge in [-0.25, -0.2) is 4.79 Å². The summed E-state index contributed by atoms with van der Waals surface area (Å²) in [5.74, 6) is 0.210. The van der Waals surface area contributed by atoms with Crippen LogP contribution in [-0.4, -0.2) is 42.4 Å². The summed E-state index contributed by atoms with van der Waals surface area (Å²) in [6.45, 7) is 3.02. The van der Waals surface area contributed by atoms with E-state index in [4.69, 9.17) is 14.3 Å². The highest BCUT2D eigenvalue weighted by Gasteiger charge is 2.23. The Labute approximate surface area is 196 Å². The standard InChI is InChI=1S/C27H24N2O5/c1-17(30)34-28-24-12-13-29-25-11-8-19(16-23(25)21-4-3-5-22(24)26(21)29)27(31)18-6-9-20(10-7-18)33-15-14-32-2/h3-11,16H,12-15H2,1-2H3/b28-24+. The molecule has 172 valence electrons. The molecule has 0 saturated carbocycles. The summed E-state index contributed by atoms with van der Waals surface area (Å²) in [5.41, 5.74) is 5.02. The van der Waals surface area contributed by atoms with E-state index in [-0.39, 0.29) is 5.78 Å². The maximum Gasteiger partial charge on any atom is 0.331 e. The number of aromatic nitrogens is 1. The summed E-state index contributed by atoms with van der Waals surface area (Å²) in [4.78, 5) is 29.4. The SMILES string of the molecule is COCCOc1ccc(C(=O)c2ccc3c(c2)c2cccc4c2n3CC/C4=N\OC(C)=O)cc1. The van der Waals surface area contributed by atoms with E-state index in [9.17, 15) is 9.59 Å². The molecule has 7 nitrogen and oxygen atoms in total. The van der Waals surface area contributed by atoms with Gasteiger partial charge in [-0.3, -0.25) is 4.79 Å². The van der Waals surface area contributed by atoms with E-state index in [0.29, 0.717) is 36.5 Å². The quantitative estimate of drug-likeness (QED) is 0.174. The van der Waals surface area contributed by atoms with Crippen LogP contribution < -0.4 is 4.74 Å². The van der Waals surface area contributed by atoms with Gasteiger partial charge in [-0.15, -0.1) is 0 Å². The molecular formula is C27H24N2O5. The van der Waals surface area contributed by atoms with Crippen molar-refractivity contribution in [3.05, 3.63) is 77.4 Å². The smallest absolute Gasteiger partial charge is 0.331 e. The lowest BCUT2D eigenvalue weighted by atomic mass is 9.99. The zero-order chi connectivity index (χ0) is 23.7. The lowest BCUT2D eigenvalue weighted by molar-refractivity contribution is -0.140. The number of carbonyl (C=O) groups excluding carboxylic acids is 2. The van der Waals surface area contributed by atoms with Crippen LogP contribution in [0.3, 0.4) is 0 Å². The number of rotatable bonds is 7. The molecule has 0 unspecified atom stereocenters. The number of aryl methyl sites for hydroxylation is 1. The average Bonchev–Trinajstić information content (AvgIpc) is 3.18. The fourth-order valence-electron chi connectivity index (χ4n) is 4.44. The molecular weight excluding hydrogens is 432 g/mol. The highest BCUT2D eigenvalue weighted by molar-refractivity contribution is 6.20. The van der Waals surface area contributed by atoms with Gasteiger partial charge < -0.3 is 18.9 Å². The molecule has 0 saturated heterocycles. The molecule has 0 fully saturated rings. The lowest BCUT2D eigenvalue weighted by Gasteiger charge is -2.17. The van der Waals surface area contributed by atoms with Gasteiger partial charge in [0.1, 0.15) is 12.4 Å². The number of methoxy groups -OCH3 is 1. The molecule has 0 spiro atoms. The number of benzene rings is 3. The molecule has 2 heterocycles. The zero-order valence-electron chi connectivity index (χ0n) is 19.0. The Balaban J connectivity index is 1.51. The number of ketones is 1. The lowest BCUT2D eigenvalue weighted by Crippen LogP contribution is -2.15. The van der Waals surface area contributed by atoms with Crippen molar-refractivity contribution in [2.24, 2.45) is 5.16 Å². The van der Waals surface area contributed by atoms with Crippen LogP contribution in [0.2, 0.25) is 0 Å². The van der Waals surface area contributed by atoms with Gasteiger partial charge in [-0.2, -0.15) is 0 Å². The third kappa shape index (κ3) is 3.95. The van der Waals surface area contributed by atoms with Crippen molar-refractivity contribution in [3.8, 4) is 5.75 Å². The molecule has 3 aromatic carbocycles. The van der Waals surface area contributed by atoms with Crippen LogP contribution in [0.1, 0.15) is 34.8 Å². The maximum atomic E-state index is 13.2. The Morgan fingerprint density at radius 2 is 1.76 bits per heavy atom. The van der Waals surface area contributed by atoms with Crippen molar-refractivity contribution in [1.82, 2.24) is 4.57 Å². The summed E-state index contributed by atoms with van der Waals surface area (Å²) in [6, 6.07) is 19.0. The average molecular weight is 456 g/mol. The van der Waals surface area contributed by atoms with E-state index in [1.807, 2.05) is 36.4 Å². The summed E-state index contributed by atoms with van der Waals surface area (Å²) >= 11 is 0. The molecule has 0 atom stereocenters. The normalized spacial score (nSPS) is 14.0. The first-order valence-corrected chi connectivity index (χ1v) is 11.1. The number of ether oxygens (including phenoxy) is 2. The summed E-state index contributed by atoms with van der Waals surface area (Å²) in [6.07, 6.45) is 0.655. The molecule has 34 heavy (non-hydrogen) atoms. The highest BCUT2D eigenvalue weighted by atomic mass is 16.7. The number of nitrogens with zero attached hydrogens (tertiary/aromatic N) is 2. The topological polar surface area (TPSA) is 79.1 Å². The van der Waals surface area contributed by atoms with E-state index in [1.165, 1.54) is 6.92 Å². The fraction of sp³-hybridized carbons (Fsp3) is 0.222. The minimum Gasteiger partial charge on any atom is -0.491 e. The van der Waals surface area contributed by atoms with Crippen LogP contribution in [-0.2, 0) is 20.9 Å². The number of hydrogen-bond donors (Lipinski definition) is 0. The van der Waals surface area contributed by atoms with Crippen LogP contribution in [0.5, 0.6) is 5.75 Å².